The van der Waals surface area contributed by atoms with Gasteiger partial charge in [0.05, 0.1) is 18.6 Å². The van der Waals surface area contributed by atoms with E-state index in [0.717, 1.165) is 35.1 Å². The van der Waals surface area contributed by atoms with E-state index in [1.54, 1.807) is 6.26 Å². The number of benzene rings is 1. The number of aromatic nitrogens is 3. The van der Waals surface area contributed by atoms with Gasteiger partial charge in [-0.1, -0.05) is 49.9 Å². The van der Waals surface area contributed by atoms with E-state index < -0.39 is 0 Å². The van der Waals surface area contributed by atoms with Crippen molar-refractivity contribution >= 4 is 17.5 Å². The molecule has 0 radical (unpaired) electrons. The van der Waals surface area contributed by atoms with E-state index in [0.29, 0.717) is 24.1 Å². The zero-order chi connectivity index (χ0) is 18.8. The maximum atomic E-state index is 12.6. The third kappa shape index (κ3) is 4.16. The van der Waals surface area contributed by atoms with E-state index in [1.807, 2.05) is 36.4 Å². The molecular weight excluding hydrogens is 358 g/mol. The van der Waals surface area contributed by atoms with Crippen LogP contribution in [0.25, 0.3) is 0 Å². The second-order valence-electron chi connectivity index (χ2n) is 7.27. The molecule has 0 amide bonds. The highest BCUT2D eigenvalue weighted by Crippen LogP contribution is 2.40. The lowest BCUT2D eigenvalue weighted by atomic mass is 10.0. The van der Waals surface area contributed by atoms with Gasteiger partial charge in [0.25, 0.3) is 0 Å². The van der Waals surface area contributed by atoms with E-state index in [2.05, 4.69) is 28.6 Å². The number of carbonyl (C=O) groups excluding carboxylic acids is 1. The average molecular weight is 382 g/mol. The zero-order valence-corrected chi connectivity index (χ0v) is 16.4. The van der Waals surface area contributed by atoms with Gasteiger partial charge >= 0.3 is 0 Å². The maximum absolute atomic E-state index is 12.6. The Morgan fingerprint density at radius 2 is 2.00 bits per heavy atom. The number of ketones is 1. The van der Waals surface area contributed by atoms with Crippen LogP contribution in [0.4, 0.5) is 0 Å². The second-order valence-corrected chi connectivity index (χ2v) is 8.21. The molecule has 1 aromatic carbocycles. The average Bonchev–Trinajstić information content (AvgIpc) is 3.24. The summed E-state index contributed by atoms with van der Waals surface area (Å²) < 4.78 is 7.58. The first-order valence-corrected chi connectivity index (χ1v) is 10.3. The van der Waals surface area contributed by atoms with Gasteiger partial charge in [0.2, 0.25) is 0 Å². The molecule has 0 unspecified atom stereocenters. The molecule has 0 aliphatic heterocycles. The number of furan rings is 1. The Morgan fingerprint density at radius 3 is 2.63 bits per heavy atom. The molecule has 0 spiro atoms. The summed E-state index contributed by atoms with van der Waals surface area (Å²) in [5, 5.41) is 9.50. The molecule has 2 aromatic heterocycles. The van der Waals surface area contributed by atoms with Crippen LogP contribution in [0, 0.1) is 0 Å². The van der Waals surface area contributed by atoms with Crippen LogP contribution < -0.4 is 0 Å². The standard InChI is InChI=1S/C21H23N3O2S/c1-14(2)15-5-7-16(8-6-15)19(25)13-27-21-23-22-20(17-9-10-17)24(21)12-18-4-3-11-26-18/h3-8,11,14,17H,9-10,12-13H2,1-2H3. The highest BCUT2D eigenvalue weighted by molar-refractivity contribution is 7.99. The minimum absolute atomic E-state index is 0.107. The summed E-state index contributed by atoms with van der Waals surface area (Å²) in [6, 6.07) is 11.7. The Balaban J connectivity index is 1.46. The molecule has 0 N–H and O–H groups in total. The van der Waals surface area contributed by atoms with Crippen LogP contribution in [0.15, 0.2) is 52.2 Å². The van der Waals surface area contributed by atoms with Crippen molar-refractivity contribution in [3.63, 3.8) is 0 Å². The van der Waals surface area contributed by atoms with Gasteiger partial charge in [-0.2, -0.15) is 0 Å². The Bertz CT molecular complexity index is 910. The summed E-state index contributed by atoms with van der Waals surface area (Å²) in [6.07, 6.45) is 3.98. The fourth-order valence-electron chi connectivity index (χ4n) is 3.02. The molecule has 5 nitrogen and oxygen atoms in total. The Morgan fingerprint density at radius 1 is 1.22 bits per heavy atom. The largest absolute Gasteiger partial charge is 0.467 e. The van der Waals surface area contributed by atoms with Gasteiger partial charge in [0.1, 0.15) is 11.6 Å². The van der Waals surface area contributed by atoms with Crippen molar-refractivity contribution in [1.82, 2.24) is 14.8 Å². The number of hydrogen-bond donors (Lipinski definition) is 0. The first-order chi connectivity index (χ1) is 13.1. The van der Waals surface area contributed by atoms with E-state index in [4.69, 9.17) is 4.42 Å². The number of thioether (sulfide) groups is 1. The fourth-order valence-corrected chi connectivity index (χ4v) is 3.86. The van der Waals surface area contributed by atoms with Crippen molar-refractivity contribution in [1.29, 1.82) is 0 Å². The molecule has 140 valence electrons. The highest BCUT2D eigenvalue weighted by atomic mass is 32.2. The van der Waals surface area contributed by atoms with E-state index in [1.165, 1.54) is 17.3 Å². The highest BCUT2D eigenvalue weighted by Gasteiger charge is 2.30. The van der Waals surface area contributed by atoms with Gasteiger partial charge in [0.15, 0.2) is 10.9 Å². The zero-order valence-electron chi connectivity index (χ0n) is 15.6. The number of nitrogens with zero attached hydrogens (tertiary/aromatic N) is 3. The molecule has 2 heterocycles. The number of carbonyl (C=O) groups is 1. The lowest BCUT2D eigenvalue weighted by Crippen LogP contribution is -2.08. The van der Waals surface area contributed by atoms with Gasteiger partial charge in [-0.05, 0) is 36.5 Å². The van der Waals surface area contributed by atoms with Crippen LogP contribution >= 0.6 is 11.8 Å². The van der Waals surface area contributed by atoms with Crippen LogP contribution in [-0.4, -0.2) is 26.3 Å². The van der Waals surface area contributed by atoms with Crippen LogP contribution in [0.3, 0.4) is 0 Å². The Labute approximate surface area is 163 Å². The molecular formula is C21H23N3O2S. The summed E-state index contributed by atoms with van der Waals surface area (Å²) in [5.41, 5.74) is 1.98. The number of hydrogen-bond acceptors (Lipinski definition) is 5. The van der Waals surface area contributed by atoms with Gasteiger partial charge in [-0.15, -0.1) is 10.2 Å². The summed E-state index contributed by atoms with van der Waals surface area (Å²) in [7, 11) is 0. The molecule has 0 bridgehead atoms. The molecule has 6 heteroatoms. The molecule has 1 aliphatic carbocycles. The molecule has 1 fully saturated rings. The van der Waals surface area contributed by atoms with Crippen LogP contribution in [0.1, 0.15) is 66.0 Å². The summed E-state index contributed by atoms with van der Waals surface area (Å²) in [6.45, 7) is 4.90. The van der Waals surface area contributed by atoms with Crippen molar-refractivity contribution in [3.05, 3.63) is 65.4 Å². The SMILES string of the molecule is CC(C)c1ccc(C(=O)CSc2nnc(C3CC3)n2Cc2ccco2)cc1. The van der Waals surface area contributed by atoms with Crippen molar-refractivity contribution < 1.29 is 9.21 Å². The molecule has 0 atom stereocenters. The second kappa shape index (κ2) is 7.72. The monoisotopic (exact) mass is 381 g/mol. The molecule has 4 rings (SSSR count). The van der Waals surface area contributed by atoms with Crippen LogP contribution in [0.2, 0.25) is 0 Å². The lowest BCUT2D eigenvalue weighted by molar-refractivity contribution is 0.102. The topological polar surface area (TPSA) is 60.9 Å². The van der Waals surface area contributed by atoms with Gasteiger partial charge in [0, 0.05) is 11.5 Å². The van der Waals surface area contributed by atoms with Crippen molar-refractivity contribution in [2.75, 3.05) is 5.75 Å². The third-order valence-electron chi connectivity index (χ3n) is 4.81. The molecule has 1 aliphatic rings. The summed E-state index contributed by atoms with van der Waals surface area (Å²) >= 11 is 1.45. The smallest absolute Gasteiger partial charge is 0.192 e. The quantitative estimate of drug-likeness (QED) is 0.410. The molecule has 0 saturated heterocycles. The molecule has 27 heavy (non-hydrogen) atoms. The van der Waals surface area contributed by atoms with Crippen molar-refractivity contribution in [2.24, 2.45) is 0 Å². The van der Waals surface area contributed by atoms with Crippen LogP contribution in [0.5, 0.6) is 0 Å². The van der Waals surface area contributed by atoms with E-state index >= 15 is 0 Å². The lowest BCUT2D eigenvalue weighted by Gasteiger charge is -2.08. The first-order valence-electron chi connectivity index (χ1n) is 9.33. The minimum atomic E-state index is 0.107. The number of rotatable bonds is 8. The minimum Gasteiger partial charge on any atom is -0.467 e. The molecule has 1 saturated carbocycles. The normalized spacial score (nSPS) is 14.0. The Hall–Kier alpha value is -2.34. The summed E-state index contributed by atoms with van der Waals surface area (Å²) in [4.78, 5) is 12.6. The third-order valence-corrected chi connectivity index (χ3v) is 5.78. The predicted octanol–water partition coefficient (Wildman–Crippen LogP) is 4.90. The predicted molar refractivity (Wildman–Crippen MR) is 105 cm³/mol. The van der Waals surface area contributed by atoms with Crippen molar-refractivity contribution in [2.45, 2.75) is 50.2 Å². The van der Waals surface area contributed by atoms with Crippen LogP contribution in [-0.2, 0) is 6.54 Å². The van der Waals surface area contributed by atoms with Gasteiger partial charge in [-0.25, -0.2) is 0 Å². The maximum Gasteiger partial charge on any atom is 0.192 e. The van der Waals surface area contributed by atoms with E-state index in [9.17, 15) is 4.79 Å². The van der Waals surface area contributed by atoms with E-state index in [-0.39, 0.29) is 5.78 Å². The Kier molecular flexibility index (Phi) is 5.16. The first kappa shape index (κ1) is 18.0. The molecule has 3 aromatic rings. The van der Waals surface area contributed by atoms with Gasteiger partial charge in [-0.3, -0.25) is 9.36 Å². The van der Waals surface area contributed by atoms with Crippen molar-refractivity contribution in [3.8, 4) is 0 Å². The summed E-state index contributed by atoms with van der Waals surface area (Å²) in [5.74, 6) is 3.28. The van der Waals surface area contributed by atoms with Gasteiger partial charge < -0.3 is 4.42 Å². The number of Topliss-reactive ketones (excluding diaryl/α,β-unsaturated/α-hetero) is 1. The fraction of sp³-hybridized carbons (Fsp3) is 0.381.